The van der Waals surface area contributed by atoms with E-state index in [1.165, 1.54) is 0 Å². The second kappa shape index (κ2) is 8.52. The average molecular weight is 373 g/mol. The van der Waals surface area contributed by atoms with Crippen LogP contribution in [0.2, 0.25) is 0 Å². The first-order valence-corrected chi connectivity index (χ1v) is 9.51. The van der Waals surface area contributed by atoms with Gasteiger partial charge in [0.25, 0.3) is 0 Å². The number of anilines is 1. The van der Waals surface area contributed by atoms with Crippen molar-refractivity contribution in [1.29, 1.82) is 0 Å². The zero-order chi connectivity index (χ0) is 19.4. The molecule has 1 saturated heterocycles. The van der Waals surface area contributed by atoms with Crippen LogP contribution in [0.5, 0.6) is 0 Å². The minimum Gasteiger partial charge on any atom is -0.465 e. The summed E-state index contributed by atoms with van der Waals surface area (Å²) >= 11 is 0. The lowest BCUT2D eigenvalue weighted by Crippen LogP contribution is -2.58. The lowest BCUT2D eigenvalue weighted by atomic mass is 10.1. The van der Waals surface area contributed by atoms with Crippen molar-refractivity contribution in [3.8, 4) is 0 Å². The van der Waals surface area contributed by atoms with Gasteiger partial charge in [0.05, 0.1) is 19.6 Å². The van der Waals surface area contributed by atoms with Crippen LogP contribution in [0, 0.1) is 5.92 Å². The van der Waals surface area contributed by atoms with Gasteiger partial charge in [0.2, 0.25) is 11.8 Å². The fourth-order valence-electron chi connectivity index (χ4n) is 3.51. The van der Waals surface area contributed by atoms with Gasteiger partial charge in [0.1, 0.15) is 6.04 Å². The molecule has 1 unspecified atom stereocenters. The van der Waals surface area contributed by atoms with Crippen LogP contribution >= 0.6 is 0 Å². The number of nitrogens with zero attached hydrogens (tertiary/aromatic N) is 2. The summed E-state index contributed by atoms with van der Waals surface area (Å²) in [5.41, 5.74) is 2.10. The van der Waals surface area contributed by atoms with Crippen molar-refractivity contribution in [2.24, 2.45) is 5.92 Å². The Balaban J connectivity index is 1.64. The number of amides is 2. The van der Waals surface area contributed by atoms with Crippen LogP contribution in [0.1, 0.15) is 25.8 Å². The van der Waals surface area contributed by atoms with Gasteiger partial charge in [-0.15, -0.1) is 0 Å². The number of carbonyl (C=O) groups excluding carboxylic acids is 3. The van der Waals surface area contributed by atoms with E-state index in [2.05, 4.69) is 5.32 Å². The summed E-state index contributed by atoms with van der Waals surface area (Å²) in [6.45, 7) is 6.02. The van der Waals surface area contributed by atoms with E-state index in [0.717, 1.165) is 17.7 Å². The number of fused-ring (bicyclic) bond motifs is 1. The molecule has 0 aliphatic carbocycles. The Bertz CT molecular complexity index is 719. The Morgan fingerprint density at radius 2 is 2.04 bits per heavy atom. The molecule has 2 heterocycles. The van der Waals surface area contributed by atoms with Crippen molar-refractivity contribution in [3.63, 3.8) is 0 Å². The number of hydrogen-bond acceptors (Lipinski definition) is 5. The van der Waals surface area contributed by atoms with Crippen molar-refractivity contribution < 1.29 is 19.1 Å². The number of nitrogens with one attached hydrogen (secondary N) is 1. The van der Waals surface area contributed by atoms with Crippen LogP contribution in [0.15, 0.2) is 24.3 Å². The molecule has 0 saturated carbocycles. The van der Waals surface area contributed by atoms with Crippen LogP contribution in [-0.4, -0.2) is 61.5 Å². The molecule has 1 N–H and O–H groups in total. The molecule has 1 fully saturated rings. The Kier molecular flexibility index (Phi) is 6.11. The molecule has 0 aromatic heterocycles. The number of carbonyl (C=O) groups is 3. The van der Waals surface area contributed by atoms with E-state index in [1.54, 1.807) is 9.80 Å². The minimum absolute atomic E-state index is 0.0393. The molecule has 2 aliphatic rings. The highest BCUT2D eigenvalue weighted by Gasteiger charge is 2.35. The maximum Gasteiger partial charge on any atom is 0.307 e. The molecular formula is C20H27N3O4. The highest BCUT2D eigenvalue weighted by Crippen LogP contribution is 2.27. The SMILES string of the molecule is CC(C)COC(=O)CC1C(=O)NCCN1CC(=O)N1CCc2ccccc21. The number of esters is 1. The Hall–Kier alpha value is -2.41. The molecular weight excluding hydrogens is 346 g/mol. The summed E-state index contributed by atoms with van der Waals surface area (Å²) in [4.78, 5) is 40.8. The highest BCUT2D eigenvalue weighted by molar-refractivity contribution is 5.97. The van der Waals surface area contributed by atoms with Crippen molar-refractivity contribution in [1.82, 2.24) is 10.2 Å². The van der Waals surface area contributed by atoms with Crippen molar-refractivity contribution in [3.05, 3.63) is 29.8 Å². The standard InChI is InChI=1S/C20H27N3O4/c1-14(2)13-27-19(25)11-17-20(26)21-8-10-22(17)12-18(24)23-9-7-15-5-3-4-6-16(15)23/h3-6,14,17H,7-13H2,1-2H3,(H,21,26). The Morgan fingerprint density at radius 1 is 1.26 bits per heavy atom. The first-order chi connectivity index (χ1) is 13.0. The normalized spacial score (nSPS) is 19.7. The van der Waals surface area contributed by atoms with E-state index in [0.29, 0.717) is 26.2 Å². The number of para-hydroxylation sites is 1. The summed E-state index contributed by atoms with van der Waals surface area (Å²) in [5, 5.41) is 2.78. The van der Waals surface area contributed by atoms with Crippen LogP contribution in [0.3, 0.4) is 0 Å². The maximum atomic E-state index is 12.9. The van der Waals surface area contributed by atoms with Gasteiger partial charge in [0.15, 0.2) is 0 Å². The topological polar surface area (TPSA) is 79.0 Å². The minimum atomic E-state index is -0.666. The van der Waals surface area contributed by atoms with Crippen LogP contribution in [-0.2, 0) is 25.5 Å². The molecule has 2 amide bonds. The molecule has 0 bridgehead atoms. The van der Waals surface area contributed by atoms with Gasteiger partial charge in [-0.05, 0) is 24.0 Å². The van der Waals surface area contributed by atoms with Gasteiger partial charge in [-0.25, -0.2) is 0 Å². The highest BCUT2D eigenvalue weighted by atomic mass is 16.5. The number of rotatable bonds is 6. The van der Waals surface area contributed by atoms with Gasteiger partial charge in [-0.2, -0.15) is 0 Å². The van der Waals surface area contributed by atoms with E-state index in [1.807, 2.05) is 38.1 Å². The lowest BCUT2D eigenvalue weighted by molar-refractivity contribution is -0.149. The van der Waals surface area contributed by atoms with E-state index < -0.39 is 12.0 Å². The van der Waals surface area contributed by atoms with E-state index in [9.17, 15) is 14.4 Å². The smallest absolute Gasteiger partial charge is 0.307 e. The fourth-order valence-corrected chi connectivity index (χ4v) is 3.51. The molecule has 27 heavy (non-hydrogen) atoms. The third-order valence-corrected chi connectivity index (χ3v) is 4.91. The largest absolute Gasteiger partial charge is 0.465 e. The maximum absolute atomic E-state index is 12.9. The fraction of sp³-hybridized carbons (Fsp3) is 0.550. The quantitative estimate of drug-likeness (QED) is 0.752. The average Bonchev–Trinajstić information content (AvgIpc) is 3.07. The molecule has 146 valence electrons. The number of hydrogen-bond donors (Lipinski definition) is 1. The molecule has 0 radical (unpaired) electrons. The van der Waals surface area contributed by atoms with Gasteiger partial charge in [-0.1, -0.05) is 32.0 Å². The zero-order valence-electron chi connectivity index (χ0n) is 15.9. The summed E-state index contributed by atoms with van der Waals surface area (Å²) in [7, 11) is 0. The van der Waals surface area contributed by atoms with Crippen molar-refractivity contribution in [2.45, 2.75) is 32.7 Å². The monoisotopic (exact) mass is 373 g/mol. The van der Waals surface area contributed by atoms with Crippen LogP contribution in [0.25, 0.3) is 0 Å². The first-order valence-electron chi connectivity index (χ1n) is 9.51. The number of benzene rings is 1. The van der Waals surface area contributed by atoms with E-state index in [4.69, 9.17) is 4.74 Å². The molecule has 1 aromatic carbocycles. The zero-order valence-corrected chi connectivity index (χ0v) is 15.9. The predicted molar refractivity (Wildman–Crippen MR) is 101 cm³/mol. The summed E-state index contributed by atoms with van der Waals surface area (Å²) in [5.74, 6) is -0.440. The van der Waals surface area contributed by atoms with E-state index in [-0.39, 0.29) is 30.7 Å². The summed E-state index contributed by atoms with van der Waals surface area (Å²) in [6.07, 6.45) is 0.801. The van der Waals surface area contributed by atoms with Gasteiger partial charge in [0, 0.05) is 25.3 Å². The van der Waals surface area contributed by atoms with Gasteiger partial charge < -0.3 is 15.0 Å². The van der Waals surface area contributed by atoms with Crippen molar-refractivity contribution >= 4 is 23.5 Å². The van der Waals surface area contributed by atoms with Gasteiger partial charge in [-0.3, -0.25) is 19.3 Å². The Morgan fingerprint density at radius 3 is 2.81 bits per heavy atom. The molecule has 7 heteroatoms. The number of piperazine rings is 1. The molecule has 3 rings (SSSR count). The lowest BCUT2D eigenvalue weighted by Gasteiger charge is -2.35. The summed E-state index contributed by atoms with van der Waals surface area (Å²) in [6, 6.07) is 7.21. The van der Waals surface area contributed by atoms with Crippen LogP contribution in [0.4, 0.5) is 5.69 Å². The molecule has 1 atom stereocenters. The molecule has 0 spiro atoms. The third kappa shape index (κ3) is 4.66. The predicted octanol–water partition coefficient (Wildman–Crippen LogP) is 0.965. The molecule has 1 aromatic rings. The second-order valence-electron chi connectivity index (χ2n) is 7.48. The van der Waals surface area contributed by atoms with Crippen LogP contribution < -0.4 is 10.2 Å². The third-order valence-electron chi connectivity index (χ3n) is 4.91. The first kappa shape index (κ1) is 19.4. The van der Waals surface area contributed by atoms with Crippen molar-refractivity contribution in [2.75, 3.05) is 37.7 Å². The van der Waals surface area contributed by atoms with E-state index >= 15 is 0 Å². The second-order valence-corrected chi connectivity index (χ2v) is 7.48. The number of ether oxygens (including phenoxy) is 1. The summed E-state index contributed by atoms with van der Waals surface area (Å²) < 4.78 is 5.21. The van der Waals surface area contributed by atoms with Gasteiger partial charge >= 0.3 is 5.97 Å². The molecule has 2 aliphatic heterocycles. The molecule has 7 nitrogen and oxygen atoms in total. The Labute approximate surface area is 159 Å².